The second-order valence-electron chi connectivity index (χ2n) is 6.68. The van der Waals surface area contributed by atoms with Crippen molar-refractivity contribution >= 4 is 5.97 Å². The van der Waals surface area contributed by atoms with Crippen molar-refractivity contribution in [3.8, 4) is 0 Å². The maximum atomic E-state index is 10.3. The van der Waals surface area contributed by atoms with E-state index in [1.165, 1.54) is 5.06 Å². The summed E-state index contributed by atoms with van der Waals surface area (Å²) in [5, 5.41) is 21.4. The smallest absolute Gasteiger partial charge is 0.0492 e. The Balaban J connectivity index is 0.000000209. The summed E-state index contributed by atoms with van der Waals surface area (Å²) in [7, 11) is 0. The van der Waals surface area contributed by atoms with E-state index in [1.807, 2.05) is 97.9 Å². The molecule has 0 radical (unpaired) electrons. The van der Waals surface area contributed by atoms with E-state index in [-0.39, 0.29) is 12.3 Å². The van der Waals surface area contributed by atoms with Gasteiger partial charge in [0.15, 0.2) is 0 Å². The van der Waals surface area contributed by atoms with Crippen molar-refractivity contribution in [2.45, 2.75) is 32.4 Å². The molecule has 0 saturated carbocycles. The van der Waals surface area contributed by atoms with Crippen LogP contribution in [0.15, 0.2) is 91.0 Å². The fourth-order valence-corrected chi connectivity index (χ4v) is 2.79. The first kappa shape index (κ1) is 21.4. The number of carboxylic acids is 1. The molecule has 3 aromatic rings. The predicted molar refractivity (Wildman–Crippen MR) is 108 cm³/mol. The lowest BCUT2D eigenvalue weighted by Crippen LogP contribution is -2.23. The topological polar surface area (TPSA) is 63.6 Å². The first-order chi connectivity index (χ1) is 13.5. The van der Waals surface area contributed by atoms with Gasteiger partial charge in [-0.3, -0.25) is 0 Å². The minimum Gasteiger partial charge on any atom is -0.550 e. The van der Waals surface area contributed by atoms with Crippen LogP contribution in [0.5, 0.6) is 0 Å². The van der Waals surface area contributed by atoms with Crippen LogP contribution in [0.1, 0.15) is 36.0 Å². The average molecular weight is 376 g/mol. The minimum absolute atomic E-state index is 0.0381. The molecule has 0 aliphatic rings. The fraction of sp³-hybridized carbons (Fsp3) is 0.208. The molecule has 1 atom stereocenters. The van der Waals surface area contributed by atoms with E-state index in [0.29, 0.717) is 13.1 Å². The molecule has 4 nitrogen and oxygen atoms in total. The van der Waals surface area contributed by atoms with Crippen LogP contribution in [0.2, 0.25) is 0 Å². The number of carboxylic acid groups (broad SMARTS) is 1. The second-order valence-corrected chi connectivity index (χ2v) is 6.68. The van der Waals surface area contributed by atoms with Crippen LogP contribution < -0.4 is 5.11 Å². The molecule has 0 saturated heterocycles. The Morgan fingerprint density at radius 2 is 1.21 bits per heavy atom. The van der Waals surface area contributed by atoms with Crippen molar-refractivity contribution in [3.05, 3.63) is 108 Å². The van der Waals surface area contributed by atoms with Gasteiger partial charge in [-0.1, -0.05) is 97.9 Å². The van der Waals surface area contributed by atoms with Gasteiger partial charge in [0.25, 0.3) is 0 Å². The van der Waals surface area contributed by atoms with Gasteiger partial charge in [0, 0.05) is 19.1 Å². The zero-order chi connectivity index (χ0) is 20.2. The lowest BCUT2D eigenvalue weighted by molar-refractivity contribution is -0.306. The Morgan fingerprint density at radius 1 is 0.821 bits per heavy atom. The largest absolute Gasteiger partial charge is 0.550 e. The molecule has 0 amide bonds. The Bertz CT molecular complexity index is 766. The number of rotatable bonds is 7. The highest BCUT2D eigenvalue weighted by Crippen LogP contribution is 2.17. The molecule has 146 valence electrons. The summed E-state index contributed by atoms with van der Waals surface area (Å²) >= 11 is 0. The van der Waals surface area contributed by atoms with Crippen LogP contribution in [0, 0.1) is 0 Å². The maximum Gasteiger partial charge on any atom is 0.0492 e. The van der Waals surface area contributed by atoms with Gasteiger partial charge in [0.1, 0.15) is 0 Å². The number of hydroxylamine groups is 2. The molecular formula is C24H26NO3-. The van der Waals surface area contributed by atoms with Gasteiger partial charge in [-0.25, -0.2) is 0 Å². The van der Waals surface area contributed by atoms with Gasteiger partial charge in [0.05, 0.1) is 0 Å². The summed E-state index contributed by atoms with van der Waals surface area (Å²) in [6.45, 7) is 2.98. The molecule has 0 aliphatic heterocycles. The Kier molecular flexibility index (Phi) is 8.92. The third kappa shape index (κ3) is 8.16. The quantitative estimate of drug-likeness (QED) is 0.633. The number of aliphatic carboxylic acids is 1. The molecule has 0 heterocycles. The zero-order valence-electron chi connectivity index (χ0n) is 16.1. The van der Waals surface area contributed by atoms with Gasteiger partial charge in [-0.2, -0.15) is 5.06 Å². The highest BCUT2D eigenvalue weighted by atomic mass is 16.5. The maximum absolute atomic E-state index is 10.3. The van der Waals surface area contributed by atoms with Gasteiger partial charge in [-0.15, -0.1) is 0 Å². The fourth-order valence-electron chi connectivity index (χ4n) is 2.79. The summed E-state index contributed by atoms with van der Waals surface area (Å²) in [6, 6.07) is 29.5. The van der Waals surface area contributed by atoms with Gasteiger partial charge in [0.2, 0.25) is 0 Å². The summed E-state index contributed by atoms with van der Waals surface area (Å²) < 4.78 is 0. The highest BCUT2D eigenvalue weighted by molar-refractivity contribution is 5.65. The molecule has 0 bridgehead atoms. The first-order valence-corrected chi connectivity index (χ1v) is 9.31. The number of hydrogen-bond donors (Lipinski definition) is 1. The molecule has 0 aromatic heterocycles. The van der Waals surface area contributed by atoms with Crippen LogP contribution in [-0.2, 0) is 17.9 Å². The molecule has 3 aromatic carbocycles. The van der Waals surface area contributed by atoms with Crippen molar-refractivity contribution in [2.75, 3.05) is 0 Å². The normalized spacial score (nSPS) is 11.4. The molecule has 1 unspecified atom stereocenters. The molecule has 3 rings (SSSR count). The third-order valence-corrected chi connectivity index (χ3v) is 4.26. The van der Waals surface area contributed by atoms with E-state index in [1.54, 1.807) is 0 Å². The molecule has 0 spiro atoms. The van der Waals surface area contributed by atoms with Crippen LogP contribution in [0.25, 0.3) is 0 Å². The first-order valence-electron chi connectivity index (χ1n) is 9.31. The van der Waals surface area contributed by atoms with Crippen LogP contribution in [-0.4, -0.2) is 16.2 Å². The minimum atomic E-state index is -0.994. The monoisotopic (exact) mass is 376 g/mol. The molecule has 0 aliphatic carbocycles. The van der Waals surface area contributed by atoms with Crippen molar-refractivity contribution in [2.24, 2.45) is 0 Å². The van der Waals surface area contributed by atoms with Crippen molar-refractivity contribution < 1.29 is 15.1 Å². The third-order valence-electron chi connectivity index (χ3n) is 4.26. The standard InChI is InChI=1S/C14H15NO.C10H12O2/c16-15(11-13-7-3-1-4-8-13)12-14-9-5-2-6-10-14;1-8(7-10(11)12)9-5-3-2-4-6-9/h1-10,16H,11-12H2;2-6,8H,7H2,1H3,(H,11,12)/p-1. The second kappa shape index (κ2) is 11.7. The molecule has 0 fully saturated rings. The van der Waals surface area contributed by atoms with Gasteiger partial charge in [-0.05, 0) is 29.0 Å². The summed E-state index contributed by atoms with van der Waals surface area (Å²) in [4.78, 5) is 10.3. The number of carbonyl (C=O) groups excluding carboxylic acids is 1. The lowest BCUT2D eigenvalue weighted by atomic mass is 9.98. The number of benzene rings is 3. The van der Waals surface area contributed by atoms with Crippen LogP contribution in [0.3, 0.4) is 0 Å². The van der Waals surface area contributed by atoms with Crippen molar-refractivity contribution in [1.29, 1.82) is 0 Å². The molecule has 28 heavy (non-hydrogen) atoms. The Morgan fingerprint density at radius 3 is 1.61 bits per heavy atom. The average Bonchev–Trinajstić information content (AvgIpc) is 2.70. The molecule has 1 N–H and O–H groups in total. The van der Waals surface area contributed by atoms with E-state index in [0.717, 1.165) is 16.7 Å². The highest BCUT2D eigenvalue weighted by Gasteiger charge is 2.04. The lowest BCUT2D eigenvalue weighted by Gasteiger charge is -2.14. The van der Waals surface area contributed by atoms with E-state index < -0.39 is 5.97 Å². The van der Waals surface area contributed by atoms with E-state index in [4.69, 9.17) is 0 Å². The van der Waals surface area contributed by atoms with E-state index >= 15 is 0 Å². The van der Waals surface area contributed by atoms with E-state index in [9.17, 15) is 15.1 Å². The summed E-state index contributed by atoms with van der Waals surface area (Å²) in [6.07, 6.45) is 0.0873. The summed E-state index contributed by atoms with van der Waals surface area (Å²) in [5.74, 6) is -0.956. The van der Waals surface area contributed by atoms with Crippen LogP contribution in [0.4, 0.5) is 0 Å². The Labute approximate surface area is 166 Å². The Hall–Kier alpha value is -2.95. The van der Waals surface area contributed by atoms with Crippen molar-refractivity contribution in [3.63, 3.8) is 0 Å². The van der Waals surface area contributed by atoms with Crippen LogP contribution >= 0.6 is 0 Å². The molecule has 4 heteroatoms. The SMILES string of the molecule is CC(CC(=O)[O-])c1ccccc1.ON(Cc1ccccc1)Cc1ccccc1. The summed E-state index contributed by atoms with van der Waals surface area (Å²) in [5.41, 5.74) is 3.27. The molecular weight excluding hydrogens is 350 g/mol. The van der Waals surface area contributed by atoms with Crippen molar-refractivity contribution in [1.82, 2.24) is 5.06 Å². The van der Waals surface area contributed by atoms with E-state index in [2.05, 4.69) is 0 Å². The predicted octanol–water partition coefficient (Wildman–Crippen LogP) is 4.01. The van der Waals surface area contributed by atoms with Gasteiger partial charge >= 0.3 is 0 Å². The number of nitrogens with zero attached hydrogens (tertiary/aromatic N) is 1. The number of hydrogen-bond acceptors (Lipinski definition) is 4. The van der Waals surface area contributed by atoms with Gasteiger partial charge < -0.3 is 15.1 Å². The number of carbonyl (C=O) groups is 1. The zero-order valence-corrected chi connectivity index (χ0v) is 16.1.